The second-order valence-electron chi connectivity index (χ2n) is 5.92. The van der Waals surface area contributed by atoms with Crippen molar-refractivity contribution in [2.45, 2.75) is 55.2 Å². The third-order valence-corrected chi connectivity index (χ3v) is 6.70. The minimum absolute atomic E-state index is 0.0242. The lowest BCUT2D eigenvalue weighted by molar-refractivity contribution is -0.127. The number of hydrogen-bond acceptors (Lipinski definition) is 4. The van der Waals surface area contributed by atoms with Crippen LogP contribution in [0.3, 0.4) is 0 Å². The van der Waals surface area contributed by atoms with E-state index in [4.69, 9.17) is 0 Å². The molecule has 1 aliphatic carbocycles. The zero-order chi connectivity index (χ0) is 16.4. The van der Waals surface area contributed by atoms with Gasteiger partial charge in [-0.3, -0.25) is 9.69 Å². The topological polar surface area (TPSA) is 66.8 Å². The van der Waals surface area contributed by atoms with Crippen molar-refractivity contribution < 1.29 is 13.2 Å². The molecule has 0 bridgehead atoms. The van der Waals surface area contributed by atoms with Crippen LogP contribution >= 0.6 is 11.8 Å². The van der Waals surface area contributed by atoms with Gasteiger partial charge in [0.1, 0.15) is 0 Å². The van der Waals surface area contributed by atoms with Crippen molar-refractivity contribution in [3.63, 3.8) is 0 Å². The quantitative estimate of drug-likeness (QED) is 0.838. The van der Waals surface area contributed by atoms with Gasteiger partial charge in [-0.15, -0.1) is 4.40 Å². The Morgan fingerprint density at radius 2 is 1.78 bits per heavy atom. The van der Waals surface area contributed by atoms with Gasteiger partial charge in [0, 0.05) is 6.04 Å². The smallest absolute Gasteiger partial charge is 0.284 e. The summed E-state index contributed by atoms with van der Waals surface area (Å²) in [5.41, 5.74) is 0. The molecule has 0 aromatic heterocycles. The van der Waals surface area contributed by atoms with E-state index in [2.05, 4.69) is 4.40 Å². The summed E-state index contributed by atoms with van der Waals surface area (Å²) in [6.45, 7) is 1.81. The van der Waals surface area contributed by atoms with Crippen LogP contribution in [0.15, 0.2) is 39.6 Å². The first-order valence-corrected chi connectivity index (χ1v) is 10.2. The van der Waals surface area contributed by atoms with Gasteiger partial charge < -0.3 is 0 Å². The molecule has 1 heterocycles. The fraction of sp³-hybridized carbons (Fsp3) is 0.500. The zero-order valence-corrected chi connectivity index (χ0v) is 14.6. The number of carbonyl (C=O) groups excluding carboxylic acids is 1. The number of rotatable bonds is 3. The fourth-order valence-corrected chi connectivity index (χ4v) is 5.29. The summed E-state index contributed by atoms with van der Waals surface area (Å²) in [6.07, 6.45) is 5.17. The monoisotopic (exact) mass is 352 g/mol. The van der Waals surface area contributed by atoms with E-state index < -0.39 is 10.0 Å². The summed E-state index contributed by atoms with van der Waals surface area (Å²) in [5, 5.41) is 0.0555. The number of thioether (sulfide) groups is 1. The van der Waals surface area contributed by atoms with E-state index in [0.717, 1.165) is 25.7 Å². The van der Waals surface area contributed by atoms with Gasteiger partial charge in [-0.1, -0.05) is 49.2 Å². The predicted octanol–water partition coefficient (Wildman–Crippen LogP) is 3.03. The van der Waals surface area contributed by atoms with Crippen LogP contribution in [0.2, 0.25) is 0 Å². The van der Waals surface area contributed by atoms with Crippen LogP contribution in [0.5, 0.6) is 0 Å². The summed E-state index contributed by atoms with van der Waals surface area (Å²) in [6, 6.07) is 8.22. The standard InChI is InChI=1S/C16H20N2O3S2/c1-12-15(19)18(13-8-4-2-5-9-13)16(22-12)17-23(20,21)14-10-6-3-7-11-14/h3,6-7,10-13H,2,4-5,8-9H2,1H3. The Morgan fingerprint density at radius 1 is 1.13 bits per heavy atom. The van der Waals surface area contributed by atoms with E-state index in [9.17, 15) is 13.2 Å². The van der Waals surface area contributed by atoms with Crippen LogP contribution in [-0.4, -0.2) is 35.7 Å². The summed E-state index contributed by atoms with van der Waals surface area (Å²) < 4.78 is 29.0. The predicted molar refractivity (Wildman–Crippen MR) is 91.8 cm³/mol. The van der Waals surface area contributed by atoms with Gasteiger partial charge in [0.15, 0.2) is 5.17 Å². The van der Waals surface area contributed by atoms with Gasteiger partial charge >= 0.3 is 0 Å². The lowest BCUT2D eigenvalue weighted by atomic mass is 9.94. The molecule has 1 aromatic carbocycles. The van der Waals surface area contributed by atoms with Gasteiger partial charge in [0.25, 0.3) is 10.0 Å². The molecular weight excluding hydrogens is 332 g/mol. The molecule has 0 radical (unpaired) electrons. The molecule has 1 atom stereocenters. The van der Waals surface area contributed by atoms with Crippen LogP contribution in [0, 0.1) is 0 Å². The molecule has 3 rings (SSSR count). The van der Waals surface area contributed by atoms with E-state index in [1.807, 2.05) is 0 Å². The third kappa shape index (κ3) is 3.45. The van der Waals surface area contributed by atoms with Crippen LogP contribution in [0.25, 0.3) is 0 Å². The van der Waals surface area contributed by atoms with E-state index in [1.54, 1.807) is 30.0 Å². The first-order valence-electron chi connectivity index (χ1n) is 7.89. The van der Waals surface area contributed by atoms with Crippen molar-refractivity contribution in [1.82, 2.24) is 4.90 Å². The van der Waals surface area contributed by atoms with Crippen LogP contribution < -0.4 is 0 Å². The summed E-state index contributed by atoms with van der Waals surface area (Å²) in [4.78, 5) is 14.3. The maximum absolute atomic E-state index is 12.5. The second-order valence-corrected chi connectivity index (χ2v) is 8.83. The number of carbonyl (C=O) groups is 1. The number of amidine groups is 1. The summed E-state index contributed by atoms with van der Waals surface area (Å²) >= 11 is 1.24. The highest BCUT2D eigenvalue weighted by atomic mass is 32.2. The highest BCUT2D eigenvalue weighted by molar-refractivity contribution is 8.16. The largest absolute Gasteiger partial charge is 0.287 e. The molecule has 2 aliphatic rings. The number of amides is 1. The van der Waals surface area contributed by atoms with Crippen molar-refractivity contribution in [3.8, 4) is 0 Å². The molecule has 2 fully saturated rings. The maximum Gasteiger partial charge on any atom is 0.284 e. The average molecular weight is 352 g/mol. The van der Waals surface area contributed by atoms with Crippen molar-refractivity contribution in [2.75, 3.05) is 0 Å². The van der Waals surface area contributed by atoms with Crippen LogP contribution in [0.1, 0.15) is 39.0 Å². The van der Waals surface area contributed by atoms with Gasteiger partial charge in [0.2, 0.25) is 5.91 Å². The normalized spacial score (nSPS) is 25.3. The highest BCUT2D eigenvalue weighted by Gasteiger charge is 2.40. The summed E-state index contributed by atoms with van der Waals surface area (Å²) in [5.74, 6) is -0.0242. The molecule has 1 amide bonds. The molecule has 7 heteroatoms. The fourth-order valence-electron chi connectivity index (χ4n) is 3.04. The Balaban J connectivity index is 1.94. The van der Waals surface area contributed by atoms with E-state index >= 15 is 0 Å². The molecule has 23 heavy (non-hydrogen) atoms. The molecule has 5 nitrogen and oxygen atoms in total. The van der Waals surface area contributed by atoms with Gasteiger partial charge in [-0.05, 0) is 31.9 Å². The zero-order valence-electron chi connectivity index (χ0n) is 13.0. The van der Waals surface area contributed by atoms with Crippen molar-refractivity contribution in [3.05, 3.63) is 30.3 Å². The molecule has 1 saturated heterocycles. The summed E-state index contributed by atoms with van der Waals surface area (Å²) in [7, 11) is -3.79. The number of hydrogen-bond donors (Lipinski definition) is 0. The Labute approximate surface area is 141 Å². The molecule has 1 aromatic rings. The van der Waals surface area contributed by atoms with Gasteiger partial charge in [0.05, 0.1) is 10.1 Å². The number of sulfonamides is 1. The Kier molecular flexibility index (Phi) is 4.77. The number of benzene rings is 1. The Morgan fingerprint density at radius 3 is 2.43 bits per heavy atom. The first kappa shape index (κ1) is 16.5. The Bertz CT molecular complexity index is 710. The van der Waals surface area contributed by atoms with E-state index in [0.29, 0.717) is 5.17 Å². The number of nitrogens with zero attached hydrogens (tertiary/aromatic N) is 2. The lowest BCUT2D eigenvalue weighted by Gasteiger charge is -2.30. The SMILES string of the molecule is CC1SC(=NS(=O)(=O)c2ccccc2)N(C2CCCCC2)C1=O. The average Bonchev–Trinajstić information content (AvgIpc) is 2.82. The molecule has 1 saturated carbocycles. The Hall–Kier alpha value is -1.34. The van der Waals surface area contributed by atoms with Crippen LogP contribution in [-0.2, 0) is 14.8 Å². The van der Waals surface area contributed by atoms with Crippen molar-refractivity contribution in [1.29, 1.82) is 0 Å². The molecule has 1 unspecified atom stereocenters. The second kappa shape index (κ2) is 6.65. The van der Waals surface area contributed by atoms with E-state index in [-0.39, 0.29) is 22.1 Å². The van der Waals surface area contributed by atoms with Crippen molar-refractivity contribution in [2.24, 2.45) is 4.40 Å². The molecular formula is C16H20N2O3S2. The van der Waals surface area contributed by atoms with Crippen molar-refractivity contribution >= 4 is 32.9 Å². The highest BCUT2D eigenvalue weighted by Crippen LogP contribution is 2.34. The van der Waals surface area contributed by atoms with Gasteiger partial charge in [-0.2, -0.15) is 8.42 Å². The van der Waals surface area contributed by atoms with Crippen LogP contribution in [0.4, 0.5) is 0 Å². The third-order valence-electron chi connectivity index (χ3n) is 4.25. The molecule has 0 N–H and O–H groups in total. The lowest BCUT2D eigenvalue weighted by Crippen LogP contribution is -2.42. The molecule has 0 spiro atoms. The molecule has 124 valence electrons. The minimum atomic E-state index is -3.79. The van der Waals surface area contributed by atoms with E-state index in [1.165, 1.54) is 30.3 Å². The first-order chi connectivity index (χ1) is 11.0. The van der Waals surface area contributed by atoms with Gasteiger partial charge in [-0.25, -0.2) is 0 Å². The minimum Gasteiger partial charge on any atom is -0.287 e. The maximum atomic E-state index is 12.5. The molecule has 1 aliphatic heterocycles.